The molecule has 1 amide bonds. The highest BCUT2D eigenvalue weighted by molar-refractivity contribution is 5.93. The first-order valence-corrected chi connectivity index (χ1v) is 8.01. The smallest absolute Gasteiger partial charge is 0.257 e. The Labute approximate surface area is 141 Å². The van der Waals surface area contributed by atoms with E-state index in [9.17, 15) is 4.79 Å². The van der Waals surface area contributed by atoms with E-state index in [1.807, 2.05) is 17.0 Å². The molecule has 0 atom stereocenters. The molecule has 1 saturated heterocycles. The molecule has 0 spiro atoms. The van der Waals surface area contributed by atoms with E-state index in [2.05, 4.69) is 19.9 Å². The number of pyridine rings is 1. The number of piperazine rings is 1. The number of aromatic nitrogens is 3. The highest BCUT2D eigenvalue weighted by Gasteiger charge is 2.22. The van der Waals surface area contributed by atoms with Gasteiger partial charge in [-0.05, 0) is 12.1 Å². The van der Waals surface area contributed by atoms with Crippen LogP contribution in [0.1, 0.15) is 10.4 Å². The van der Waals surface area contributed by atoms with Crippen molar-refractivity contribution < 1.29 is 9.53 Å². The standard InChI is InChI=1S/C17H21N5O2/c1-24-10-9-21-5-7-22(8-6-21)17(23)15-12-19-16(20-13-15)14-3-2-4-18-11-14/h2-4,11-13H,5-10H2,1H3. The number of ether oxygens (including phenoxy) is 1. The summed E-state index contributed by atoms with van der Waals surface area (Å²) in [5.74, 6) is 0.558. The molecule has 0 radical (unpaired) electrons. The monoisotopic (exact) mass is 327 g/mol. The van der Waals surface area contributed by atoms with Gasteiger partial charge in [-0.25, -0.2) is 9.97 Å². The first kappa shape index (κ1) is 16.5. The van der Waals surface area contributed by atoms with Gasteiger partial charge in [-0.1, -0.05) is 0 Å². The van der Waals surface area contributed by atoms with E-state index in [4.69, 9.17) is 4.74 Å². The van der Waals surface area contributed by atoms with Gasteiger partial charge in [0, 0.05) is 70.2 Å². The number of methoxy groups -OCH3 is 1. The van der Waals surface area contributed by atoms with Gasteiger partial charge in [-0.15, -0.1) is 0 Å². The Morgan fingerprint density at radius 3 is 2.54 bits per heavy atom. The lowest BCUT2D eigenvalue weighted by atomic mass is 10.2. The van der Waals surface area contributed by atoms with Gasteiger partial charge in [0.1, 0.15) is 0 Å². The van der Waals surface area contributed by atoms with E-state index in [0.29, 0.717) is 24.5 Å². The Hall–Kier alpha value is -2.38. The molecule has 24 heavy (non-hydrogen) atoms. The molecule has 1 fully saturated rings. The molecule has 0 bridgehead atoms. The molecule has 2 aromatic heterocycles. The van der Waals surface area contributed by atoms with Crippen LogP contribution < -0.4 is 0 Å². The van der Waals surface area contributed by atoms with Crippen LogP contribution >= 0.6 is 0 Å². The van der Waals surface area contributed by atoms with Crippen molar-refractivity contribution in [1.29, 1.82) is 0 Å². The second-order valence-corrected chi connectivity index (χ2v) is 5.66. The van der Waals surface area contributed by atoms with Gasteiger partial charge < -0.3 is 9.64 Å². The minimum Gasteiger partial charge on any atom is -0.383 e. The second kappa shape index (κ2) is 7.94. The van der Waals surface area contributed by atoms with Gasteiger partial charge in [0.2, 0.25) is 0 Å². The van der Waals surface area contributed by atoms with Gasteiger partial charge in [0.25, 0.3) is 5.91 Å². The van der Waals surface area contributed by atoms with Crippen molar-refractivity contribution in [1.82, 2.24) is 24.8 Å². The lowest BCUT2D eigenvalue weighted by Gasteiger charge is -2.34. The molecule has 0 saturated carbocycles. The summed E-state index contributed by atoms with van der Waals surface area (Å²) < 4.78 is 5.09. The first-order chi connectivity index (χ1) is 11.8. The minimum absolute atomic E-state index is 0.0147. The predicted molar refractivity (Wildman–Crippen MR) is 89.5 cm³/mol. The molecule has 3 heterocycles. The number of rotatable bonds is 5. The molecule has 7 nitrogen and oxygen atoms in total. The Balaban J connectivity index is 1.60. The summed E-state index contributed by atoms with van der Waals surface area (Å²) in [6, 6.07) is 3.73. The SMILES string of the molecule is COCCN1CCN(C(=O)c2cnc(-c3cccnc3)nc2)CC1. The van der Waals surface area contributed by atoms with Crippen molar-refractivity contribution in [3.05, 3.63) is 42.5 Å². The number of carbonyl (C=O) groups excluding carboxylic acids is 1. The summed E-state index contributed by atoms with van der Waals surface area (Å²) in [5.41, 5.74) is 1.36. The summed E-state index contributed by atoms with van der Waals surface area (Å²) in [5, 5.41) is 0. The number of nitrogens with zero attached hydrogens (tertiary/aromatic N) is 5. The van der Waals surface area contributed by atoms with Crippen molar-refractivity contribution in [2.45, 2.75) is 0 Å². The maximum atomic E-state index is 12.6. The van der Waals surface area contributed by atoms with Crippen LogP contribution in [0.3, 0.4) is 0 Å². The summed E-state index contributed by atoms with van der Waals surface area (Å²) in [6.07, 6.45) is 6.59. The molecule has 3 rings (SSSR count). The van der Waals surface area contributed by atoms with Crippen LogP contribution in [-0.2, 0) is 4.74 Å². The zero-order chi connectivity index (χ0) is 16.8. The zero-order valence-electron chi connectivity index (χ0n) is 13.8. The van der Waals surface area contributed by atoms with Gasteiger partial charge in [0.15, 0.2) is 5.82 Å². The topological polar surface area (TPSA) is 71.5 Å². The average Bonchev–Trinajstić information content (AvgIpc) is 2.67. The molecule has 7 heteroatoms. The largest absolute Gasteiger partial charge is 0.383 e. The van der Waals surface area contributed by atoms with Crippen LogP contribution in [0.2, 0.25) is 0 Å². The van der Waals surface area contributed by atoms with E-state index >= 15 is 0 Å². The minimum atomic E-state index is -0.0147. The number of hydrogen-bond donors (Lipinski definition) is 0. The molecule has 2 aromatic rings. The summed E-state index contributed by atoms with van der Waals surface area (Å²) in [7, 11) is 1.70. The third-order valence-corrected chi connectivity index (χ3v) is 4.09. The van der Waals surface area contributed by atoms with Crippen molar-refractivity contribution in [3.63, 3.8) is 0 Å². The normalized spacial score (nSPS) is 15.5. The molecular formula is C17H21N5O2. The molecule has 0 N–H and O–H groups in total. The van der Waals surface area contributed by atoms with Crippen molar-refractivity contribution in [3.8, 4) is 11.4 Å². The zero-order valence-corrected chi connectivity index (χ0v) is 13.8. The van der Waals surface area contributed by atoms with E-state index in [0.717, 1.165) is 31.8 Å². The Morgan fingerprint density at radius 1 is 1.17 bits per heavy atom. The average molecular weight is 327 g/mol. The highest BCUT2D eigenvalue weighted by Crippen LogP contribution is 2.13. The highest BCUT2D eigenvalue weighted by atomic mass is 16.5. The summed E-state index contributed by atoms with van der Waals surface area (Å²) in [4.78, 5) is 29.4. The maximum Gasteiger partial charge on any atom is 0.257 e. The fourth-order valence-corrected chi connectivity index (χ4v) is 2.66. The third-order valence-electron chi connectivity index (χ3n) is 4.09. The molecule has 0 unspecified atom stereocenters. The Morgan fingerprint density at radius 2 is 1.92 bits per heavy atom. The Kier molecular flexibility index (Phi) is 5.45. The molecule has 0 aliphatic carbocycles. The summed E-state index contributed by atoms with van der Waals surface area (Å²) >= 11 is 0. The Bertz CT molecular complexity index is 654. The van der Waals surface area contributed by atoms with Crippen molar-refractivity contribution >= 4 is 5.91 Å². The van der Waals surface area contributed by atoms with Crippen LogP contribution in [0.5, 0.6) is 0 Å². The second-order valence-electron chi connectivity index (χ2n) is 5.66. The maximum absolute atomic E-state index is 12.6. The molecule has 1 aliphatic heterocycles. The van der Waals surface area contributed by atoms with Crippen LogP contribution in [0.4, 0.5) is 0 Å². The van der Waals surface area contributed by atoms with Gasteiger partial charge in [-0.2, -0.15) is 0 Å². The van der Waals surface area contributed by atoms with Gasteiger partial charge in [0.05, 0.1) is 12.2 Å². The van der Waals surface area contributed by atoms with E-state index < -0.39 is 0 Å². The number of hydrogen-bond acceptors (Lipinski definition) is 6. The number of carbonyl (C=O) groups is 1. The molecule has 0 aromatic carbocycles. The fourth-order valence-electron chi connectivity index (χ4n) is 2.66. The molecule has 1 aliphatic rings. The third kappa shape index (κ3) is 3.93. The fraction of sp³-hybridized carbons (Fsp3) is 0.412. The van der Waals surface area contributed by atoms with E-state index in [1.54, 1.807) is 31.9 Å². The van der Waals surface area contributed by atoms with Crippen molar-refractivity contribution in [2.75, 3.05) is 46.4 Å². The predicted octanol–water partition coefficient (Wildman–Crippen LogP) is 0.943. The molecular weight excluding hydrogens is 306 g/mol. The summed E-state index contributed by atoms with van der Waals surface area (Å²) in [6.45, 7) is 4.78. The van der Waals surface area contributed by atoms with E-state index in [-0.39, 0.29) is 5.91 Å². The first-order valence-electron chi connectivity index (χ1n) is 8.01. The van der Waals surface area contributed by atoms with Gasteiger partial charge >= 0.3 is 0 Å². The quantitative estimate of drug-likeness (QED) is 0.814. The van der Waals surface area contributed by atoms with Crippen LogP contribution in [-0.4, -0.2) is 77.1 Å². The van der Waals surface area contributed by atoms with Crippen LogP contribution in [0.15, 0.2) is 36.9 Å². The number of amides is 1. The van der Waals surface area contributed by atoms with Crippen LogP contribution in [0.25, 0.3) is 11.4 Å². The van der Waals surface area contributed by atoms with Gasteiger partial charge in [-0.3, -0.25) is 14.7 Å². The lowest BCUT2D eigenvalue weighted by Crippen LogP contribution is -2.49. The lowest BCUT2D eigenvalue weighted by molar-refractivity contribution is 0.0593. The van der Waals surface area contributed by atoms with Crippen molar-refractivity contribution in [2.24, 2.45) is 0 Å². The van der Waals surface area contributed by atoms with Crippen LogP contribution in [0, 0.1) is 0 Å². The molecule has 126 valence electrons. The van der Waals surface area contributed by atoms with E-state index in [1.165, 1.54) is 0 Å².